The summed E-state index contributed by atoms with van der Waals surface area (Å²) in [4.78, 5) is 0. The van der Waals surface area contributed by atoms with Gasteiger partial charge in [0.05, 0.1) is 0 Å². The van der Waals surface area contributed by atoms with Crippen LogP contribution in [-0.4, -0.2) is 17.4 Å². The molecule has 5 heteroatoms. The van der Waals surface area contributed by atoms with Gasteiger partial charge in [-0.25, -0.2) is 0 Å². The van der Waals surface area contributed by atoms with Gasteiger partial charge in [-0.1, -0.05) is 37.6 Å². The van der Waals surface area contributed by atoms with Crippen molar-refractivity contribution in [2.24, 2.45) is 0 Å². The molecule has 0 spiro atoms. The van der Waals surface area contributed by atoms with Crippen molar-refractivity contribution in [3.8, 4) is 0 Å². The molecule has 0 aromatic heterocycles. The summed E-state index contributed by atoms with van der Waals surface area (Å²) < 4.78 is 37.3. The van der Waals surface area contributed by atoms with Crippen LogP contribution in [0.5, 0.6) is 0 Å². The second-order valence-corrected chi connectivity index (χ2v) is 4.61. The Labute approximate surface area is 96.9 Å². The van der Waals surface area contributed by atoms with Crippen LogP contribution in [0, 0.1) is 0 Å². The lowest BCUT2D eigenvalue weighted by molar-refractivity contribution is -0.221. The SMILES string of the molecule is CC(C)(c1ccc(Cl)cc1)[C@H](O)C(F)(F)F. The van der Waals surface area contributed by atoms with E-state index in [1.807, 2.05) is 0 Å². The van der Waals surface area contributed by atoms with Crippen LogP contribution in [-0.2, 0) is 5.41 Å². The number of rotatable bonds is 2. The lowest BCUT2D eigenvalue weighted by Crippen LogP contribution is -2.44. The summed E-state index contributed by atoms with van der Waals surface area (Å²) in [6.07, 6.45) is -7.04. The normalized spacial score (nSPS) is 14.9. The van der Waals surface area contributed by atoms with Crippen molar-refractivity contribution in [3.05, 3.63) is 34.9 Å². The average molecular weight is 253 g/mol. The maximum atomic E-state index is 12.4. The number of alkyl halides is 3. The Bertz CT molecular complexity index is 356. The number of aliphatic hydroxyl groups is 1. The highest BCUT2D eigenvalue weighted by atomic mass is 35.5. The molecule has 0 aliphatic carbocycles. The van der Waals surface area contributed by atoms with E-state index < -0.39 is 17.7 Å². The third-order valence-electron chi connectivity index (χ3n) is 2.58. The molecule has 0 aliphatic heterocycles. The van der Waals surface area contributed by atoms with Crippen LogP contribution < -0.4 is 0 Å². The van der Waals surface area contributed by atoms with E-state index >= 15 is 0 Å². The molecule has 0 aliphatic rings. The molecule has 1 N–H and O–H groups in total. The second kappa shape index (κ2) is 4.26. The molecule has 1 atom stereocenters. The topological polar surface area (TPSA) is 20.2 Å². The zero-order valence-electron chi connectivity index (χ0n) is 8.85. The van der Waals surface area contributed by atoms with Crippen molar-refractivity contribution in [3.63, 3.8) is 0 Å². The minimum atomic E-state index is -4.64. The van der Waals surface area contributed by atoms with Crippen molar-refractivity contribution in [2.45, 2.75) is 31.5 Å². The van der Waals surface area contributed by atoms with Crippen molar-refractivity contribution in [1.82, 2.24) is 0 Å². The van der Waals surface area contributed by atoms with Gasteiger partial charge in [-0.2, -0.15) is 13.2 Å². The third-order valence-corrected chi connectivity index (χ3v) is 2.83. The van der Waals surface area contributed by atoms with E-state index in [2.05, 4.69) is 0 Å². The summed E-state index contributed by atoms with van der Waals surface area (Å²) in [5, 5.41) is 9.72. The lowest BCUT2D eigenvalue weighted by Gasteiger charge is -2.32. The van der Waals surface area contributed by atoms with Gasteiger partial charge in [0, 0.05) is 10.4 Å². The van der Waals surface area contributed by atoms with Crippen molar-refractivity contribution >= 4 is 11.6 Å². The molecule has 0 fully saturated rings. The van der Waals surface area contributed by atoms with Crippen LogP contribution in [0.15, 0.2) is 24.3 Å². The Morgan fingerprint density at radius 2 is 1.56 bits per heavy atom. The molecular formula is C11H12ClF3O. The zero-order chi connectivity index (χ0) is 12.6. The van der Waals surface area contributed by atoms with Crippen molar-refractivity contribution in [1.29, 1.82) is 0 Å². The summed E-state index contributed by atoms with van der Waals surface area (Å²) in [5.74, 6) is 0. The van der Waals surface area contributed by atoms with Gasteiger partial charge in [0.15, 0.2) is 6.10 Å². The standard InChI is InChI=1S/C11H12ClF3O/c1-10(2,9(16)11(13,14)15)7-3-5-8(12)6-4-7/h3-6,9,16H,1-2H3/t9-/m0/s1. The Morgan fingerprint density at radius 1 is 1.12 bits per heavy atom. The first-order chi connectivity index (χ1) is 7.15. The molecule has 0 radical (unpaired) electrons. The van der Waals surface area contributed by atoms with Gasteiger partial charge >= 0.3 is 6.18 Å². The van der Waals surface area contributed by atoms with Gasteiger partial charge < -0.3 is 5.11 Å². The van der Waals surface area contributed by atoms with E-state index in [1.165, 1.54) is 38.1 Å². The smallest absolute Gasteiger partial charge is 0.383 e. The largest absolute Gasteiger partial charge is 0.415 e. The molecule has 0 saturated heterocycles. The fourth-order valence-corrected chi connectivity index (χ4v) is 1.57. The molecule has 0 bridgehead atoms. The summed E-state index contributed by atoms with van der Waals surface area (Å²) in [6, 6.07) is 5.97. The van der Waals surface area contributed by atoms with Crippen LogP contribution in [0.1, 0.15) is 19.4 Å². The predicted octanol–water partition coefficient (Wildman–Crippen LogP) is 3.54. The molecule has 1 nitrogen and oxygen atoms in total. The first-order valence-corrected chi connectivity index (χ1v) is 5.04. The predicted molar refractivity (Wildman–Crippen MR) is 56.5 cm³/mol. The highest BCUT2D eigenvalue weighted by molar-refractivity contribution is 6.30. The van der Waals surface area contributed by atoms with Gasteiger partial charge in [-0.15, -0.1) is 0 Å². The molecule has 0 heterocycles. The number of halogens is 4. The van der Waals surface area contributed by atoms with E-state index in [-0.39, 0.29) is 0 Å². The number of hydrogen-bond acceptors (Lipinski definition) is 1. The number of aliphatic hydroxyl groups excluding tert-OH is 1. The van der Waals surface area contributed by atoms with E-state index in [1.54, 1.807) is 0 Å². The Kier molecular flexibility index (Phi) is 3.55. The molecule has 0 amide bonds. The zero-order valence-corrected chi connectivity index (χ0v) is 9.60. The van der Waals surface area contributed by atoms with Crippen molar-refractivity contribution < 1.29 is 18.3 Å². The van der Waals surface area contributed by atoms with Gasteiger partial charge in [0.25, 0.3) is 0 Å². The summed E-state index contributed by atoms with van der Waals surface area (Å²) in [6.45, 7) is 2.68. The maximum Gasteiger partial charge on any atom is 0.415 e. The minimum Gasteiger partial charge on any atom is -0.383 e. The van der Waals surface area contributed by atoms with E-state index in [4.69, 9.17) is 11.6 Å². The van der Waals surface area contributed by atoms with E-state index in [9.17, 15) is 18.3 Å². The van der Waals surface area contributed by atoms with Crippen LogP contribution in [0.4, 0.5) is 13.2 Å². The maximum absolute atomic E-state index is 12.4. The lowest BCUT2D eigenvalue weighted by atomic mass is 9.79. The Morgan fingerprint density at radius 3 is 1.94 bits per heavy atom. The average Bonchev–Trinajstić information content (AvgIpc) is 2.16. The molecule has 16 heavy (non-hydrogen) atoms. The number of hydrogen-bond donors (Lipinski definition) is 1. The van der Waals surface area contributed by atoms with Gasteiger partial charge in [0.2, 0.25) is 0 Å². The Balaban J connectivity index is 3.06. The van der Waals surface area contributed by atoms with Crippen LogP contribution in [0.2, 0.25) is 5.02 Å². The molecule has 0 unspecified atom stereocenters. The van der Waals surface area contributed by atoms with E-state index in [0.717, 1.165) is 0 Å². The first kappa shape index (κ1) is 13.3. The quantitative estimate of drug-likeness (QED) is 0.854. The fourth-order valence-electron chi connectivity index (χ4n) is 1.45. The third kappa shape index (κ3) is 2.68. The summed E-state index contributed by atoms with van der Waals surface area (Å²) in [5.41, 5.74) is -1.01. The molecule has 1 aromatic carbocycles. The van der Waals surface area contributed by atoms with Crippen LogP contribution in [0.3, 0.4) is 0 Å². The fraction of sp³-hybridized carbons (Fsp3) is 0.455. The highest BCUT2D eigenvalue weighted by Gasteiger charge is 2.48. The monoisotopic (exact) mass is 252 g/mol. The van der Waals surface area contributed by atoms with Gasteiger partial charge in [-0.05, 0) is 17.7 Å². The first-order valence-electron chi connectivity index (χ1n) is 4.66. The molecule has 0 saturated carbocycles. The molecule has 90 valence electrons. The number of benzene rings is 1. The molecule has 1 rings (SSSR count). The van der Waals surface area contributed by atoms with Crippen LogP contribution in [0.25, 0.3) is 0 Å². The molecule has 1 aromatic rings. The van der Waals surface area contributed by atoms with Crippen LogP contribution >= 0.6 is 11.6 Å². The summed E-state index contributed by atoms with van der Waals surface area (Å²) >= 11 is 5.65. The molecular weight excluding hydrogens is 241 g/mol. The highest BCUT2D eigenvalue weighted by Crippen LogP contribution is 2.36. The van der Waals surface area contributed by atoms with Crippen molar-refractivity contribution in [2.75, 3.05) is 0 Å². The summed E-state index contributed by atoms with van der Waals surface area (Å²) in [7, 11) is 0. The van der Waals surface area contributed by atoms with Gasteiger partial charge in [0.1, 0.15) is 0 Å². The van der Waals surface area contributed by atoms with Gasteiger partial charge in [-0.3, -0.25) is 0 Å². The second-order valence-electron chi connectivity index (χ2n) is 4.17. The minimum absolute atomic E-state index is 0.390. The Hall–Kier alpha value is -0.740. The van der Waals surface area contributed by atoms with E-state index in [0.29, 0.717) is 10.6 Å².